The summed E-state index contributed by atoms with van der Waals surface area (Å²) >= 11 is 0. The van der Waals surface area contributed by atoms with Crippen LogP contribution in [-0.2, 0) is 6.42 Å². The molecule has 0 aliphatic heterocycles. The van der Waals surface area contributed by atoms with Crippen molar-refractivity contribution in [3.8, 4) is 0 Å². The lowest BCUT2D eigenvalue weighted by molar-refractivity contribution is 0.104. The van der Waals surface area contributed by atoms with Crippen LogP contribution >= 0.6 is 0 Å². The first-order valence-corrected chi connectivity index (χ1v) is 9.77. The number of ketones is 1. The van der Waals surface area contributed by atoms with Gasteiger partial charge in [-0.1, -0.05) is 55.8 Å². The number of likely N-dealkylation sites (N-methyl/N-ethyl adjacent to an activating group) is 2. The summed E-state index contributed by atoms with van der Waals surface area (Å²) in [6, 6.07) is 16.3. The van der Waals surface area contributed by atoms with Crippen LogP contribution in [0.5, 0.6) is 0 Å². The van der Waals surface area contributed by atoms with E-state index in [-0.39, 0.29) is 5.78 Å². The molecule has 0 aliphatic carbocycles. The van der Waals surface area contributed by atoms with Gasteiger partial charge < -0.3 is 9.80 Å². The number of nitrogens with zero attached hydrogens (tertiary/aromatic N) is 2. The number of carbonyl (C=O) groups is 1. The number of benzene rings is 2. The van der Waals surface area contributed by atoms with Gasteiger partial charge in [-0.05, 0) is 56.3 Å². The van der Waals surface area contributed by atoms with Crippen molar-refractivity contribution in [2.45, 2.75) is 26.2 Å². The van der Waals surface area contributed by atoms with Gasteiger partial charge in [0.2, 0.25) is 0 Å². The lowest BCUT2D eigenvalue weighted by Crippen LogP contribution is -2.28. The monoisotopic (exact) mass is 364 g/mol. The van der Waals surface area contributed by atoms with E-state index in [4.69, 9.17) is 0 Å². The maximum absolute atomic E-state index is 12.4. The minimum absolute atomic E-state index is 0.0456. The number of anilines is 1. The summed E-state index contributed by atoms with van der Waals surface area (Å²) < 4.78 is 0. The number of rotatable bonds is 10. The second-order valence-corrected chi connectivity index (χ2v) is 7.31. The molecule has 0 saturated heterocycles. The van der Waals surface area contributed by atoms with Gasteiger partial charge in [0.1, 0.15) is 0 Å². The van der Waals surface area contributed by atoms with E-state index >= 15 is 0 Å². The highest BCUT2D eigenvalue weighted by atomic mass is 16.1. The molecule has 3 nitrogen and oxygen atoms in total. The second-order valence-electron chi connectivity index (χ2n) is 7.31. The standard InChI is InChI=1S/C24H32N2O/c1-5-6-7-20-8-13-22(14-9-20)24(27)17-12-21-10-15-23(16-11-21)26(4)19-18-25(2)3/h8-17H,5-7,18-19H2,1-4H3. The maximum Gasteiger partial charge on any atom is 0.185 e. The Bertz CT molecular complexity index is 730. The maximum atomic E-state index is 12.4. The van der Waals surface area contributed by atoms with Gasteiger partial charge in [0, 0.05) is 31.4 Å². The third kappa shape index (κ3) is 7.03. The van der Waals surface area contributed by atoms with Crippen LogP contribution in [0, 0.1) is 0 Å². The van der Waals surface area contributed by atoms with Crippen LogP contribution in [0.2, 0.25) is 0 Å². The molecule has 3 heteroatoms. The molecule has 0 unspecified atom stereocenters. The summed E-state index contributed by atoms with van der Waals surface area (Å²) in [6.45, 7) is 4.19. The van der Waals surface area contributed by atoms with Crippen molar-refractivity contribution in [1.82, 2.24) is 4.90 Å². The number of allylic oxidation sites excluding steroid dienone is 1. The number of hydrogen-bond donors (Lipinski definition) is 0. The number of unbranched alkanes of at least 4 members (excludes halogenated alkanes) is 1. The van der Waals surface area contributed by atoms with E-state index in [1.54, 1.807) is 6.08 Å². The van der Waals surface area contributed by atoms with Gasteiger partial charge in [-0.25, -0.2) is 0 Å². The van der Waals surface area contributed by atoms with Crippen molar-refractivity contribution >= 4 is 17.5 Å². The summed E-state index contributed by atoms with van der Waals surface area (Å²) in [5.74, 6) is 0.0456. The summed E-state index contributed by atoms with van der Waals surface area (Å²) in [7, 11) is 6.26. The molecule has 0 N–H and O–H groups in total. The molecule has 0 amide bonds. The van der Waals surface area contributed by atoms with E-state index < -0.39 is 0 Å². The quantitative estimate of drug-likeness (QED) is 0.441. The lowest BCUT2D eigenvalue weighted by Gasteiger charge is -2.21. The molecule has 0 saturated carbocycles. The zero-order valence-electron chi connectivity index (χ0n) is 17.1. The van der Waals surface area contributed by atoms with Gasteiger partial charge in [0.05, 0.1) is 0 Å². The van der Waals surface area contributed by atoms with Gasteiger partial charge >= 0.3 is 0 Å². The minimum atomic E-state index is 0.0456. The molecule has 0 aromatic heterocycles. The highest BCUT2D eigenvalue weighted by Gasteiger charge is 2.03. The van der Waals surface area contributed by atoms with Crippen molar-refractivity contribution in [2.75, 3.05) is 39.1 Å². The fraction of sp³-hybridized carbons (Fsp3) is 0.375. The summed E-state index contributed by atoms with van der Waals surface area (Å²) in [6.07, 6.45) is 7.00. The van der Waals surface area contributed by atoms with Gasteiger partial charge in [-0.2, -0.15) is 0 Å². The van der Waals surface area contributed by atoms with Crippen LogP contribution in [0.1, 0.15) is 41.3 Å². The van der Waals surface area contributed by atoms with Crippen LogP contribution in [0.4, 0.5) is 5.69 Å². The van der Waals surface area contributed by atoms with Crippen molar-refractivity contribution in [3.05, 3.63) is 71.3 Å². The average molecular weight is 365 g/mol. The molecular formula is C24H32N2O. The molecule has 0 spiro atoms. The summed E-state index contributed by atoms with van der Waals surface area (Å²) in [5.41, 5.74) is 4.26. The molecule has 27 heavy (non-hydrogen) atoms. The fourth-order valence-electron chi connectivity index (χ4n) is 2.80. The van der Waals surface area contributed by atoms with Crippen LogP contribution in [0.15, 0.2) is 54.6 Å². The smallest absolute Gasteiger partial charge is 0.185 e. The van der Waals surface area contributed by atoms with E-state index in [0.717, 1.165) is 30.6 Å². The fourth-order valence-corrected chi connectivity index (χ4v) is 2.80. The Labute approximate surface area is 164 Å². The van der Waals surface area contributed by atoms with Gasteiger partial charge in [-0.15, -0.1) is 0 Å². The summed E-state index contributed by atoms with van der Waals surface area (Å²) in [4.78, 5) is 16.8. The molecule has 2 aromatic rings. The topological polar surface area (TPSA) is 23.6 Å². The minimum Gasteiger partial charge on any atom is -0.373 e. The van der Waals surface area contributed by atoms with Crippen molar-refractivity contribution in [2.24, 2.45) is 0 Å². The highest BCUT2D eigenvalue weighted by Crippen LogP contribution is 2.15. The molecule has 0 heterocycles. The lowest BCUT2D eigenvalue weighted by atomic mass is 10.0. The second kappa shape index (κ2) is 10.7. The van der Waals surface area contributed by atoms with E-state index in [2.05, 4.69) is 74.3 Å². The Hall–Kier alpha value is -2.39. The predicted molar refractivity (Wildman–Crippen MR) is 117 cm³/mol. The Morgan fingerprint density at radius 2 is 1.59 bits per heavy atom. The van der Waals surface area contributed by atoms with Crippen molar-refractivity contribution < 1.29 is 4.79 Å². The molecule has 0 bridgehead atoms. The molecule has 0 atom stereocenters. The molecule has 0 fully saturated rings. The van der Waals surface area contributed by atoms with Crippen LogP contribution in [0.25, 0.3) is 6.08 Å². The van der Waals surface area contributed by atoms with Crippen LogP contribution in [-0.4, -0.2) is 44.9 Å². The molecule has 2 aromatic carbocycles. The van der Waals surface area contributed by atoms with Crippen molar-refractivity contribution in [3.63, 3.8) is 0 Å². The molecule has 0 radical (unpaired) electrons. The number of hydrogen-bond acceptors (Lipinski definition) is 3. The molecule has 144 valence electrons. The first-order chi connectivity index (χ1) is 13.0. The Morgan fingerprint density at radius 1 is 0.926 bits per heavy atom. The van der Waals surface area contributed by atoms with E-state index in [1.807, 2.05) is 18.2 Å². The largest absolute Gasteiger partial charge is 0.373 e. The number of aryl methyl sites for hydroxylation is 1. The van der Waals surface area contributed by atoms with Crippen LogP contribution < -0.4 is 4.90 Å². The summed E-state index contributed by atoms with van der Waals surface area (Å²) in [5, 5.41) is 0. The van der Waals surface area contributed by atoms with Crippen LogP contribution in [0.3, 0.4) is 0 Å². The predicted octanol–water partition coefficient (Wildman–Crippen LogP) is 4.92. The van der Waals surface area contributed by atoms with E-state index in [0.29, 0.717) is 0 Å². The zero-order valence-corrected chi connectivity index (χ0v) is 17.1. The van der Waals surface area contributed by atoms with Gasteiger partial charge in [0.15, 0.2) is 5.78 Å². The van der Waals surface area contributed by atoms with E-state index in [1.165, 1.54) is 24.1 Å². The first kappa shape index (κ1) is 20.9. The van der Waals surface area contributed by atoms with Gasteiger partial charge in [0.25, 0.3) is 0 Å². The average Bonchev–Trinajstić information content (AvgIpc) is 2.69. The van der Waals surface area contributed by atoms with Gasteiger partial charge in [-0.3, -0.25) is 4.79 Å². The highest BCUT2D eigenvalue weighted by molar-refractivity contribution is 6.06. The molecule has 2 rings (SSSR count). The Morgan fingerprint density at radius 3 is 2.19 bits per heavy atom. The SMILES string of the molecule is CCCCc1ccc(C(=O)C=Cc2ccc(N(C)CCN(C)C)cc2)cc1. The zero-order chi connectivity index (χ0) is 19.6. The molecule has 0 aliphatic rings. The third-order valence-electron chi connectivity index (χ3n) is 4.70. The van der Waals surface area contributed by atoms with E-state index in [9.17, 15) is 4.79 Å². The molecular weight excluding hydrogens is 332 g/mol. The Kier molecular flexibility index (Phi) is 8.28. The Balaban J connectivity index is 1.93. The normalized spacial score (nSPS) is 11.3. The third-order valence-corrected chi connectivity index (χ3v) is 4.70. The first-order valence-electron chi connectivity index (χ1n) is 9.77. The number of carbonyl (C=O) groups excluding carboxylic acids is 1. The van der Waals surface area contributed by atoms with Crippen molar-refractivity contribution in [1.29, 1.82) is 0 Å².